The Morgan fingerprint density at radius 2 is 1.80 bits per heavy atom. The zero-order valence-electron chi connectivity index (χ0n) is 10.8. The summed E-state index contributed by atoms with van der Waals surface area (Å²) in [6, 6.07) is 6.63. The van der Waals surface area contributed by atoms with E-state index in [0.29, 0.717) is 5.56 Å². The fraction of sp³-hybridized carbons (Fsp3) is 0.200. The molecule has 0 aliphatic rings. The Labute approximate surface area is 114 Å². The monoisotopic (exact) mass is 281 g/mol. The lowest BCUT2D eigenvalue weighted by molar-refractivity contribution is 0.463. The zero-order valence-corrected chi connectivity index (χ0v) is 10.8. The highest BCUT2D eigenvalue weighted by Gasteiger charge is 2.12. The molecule has 1 atom stereocenters. The second-order valence-corrected chi connectivity index (χ2v) is 4.54. The summed E-state index contributed by atoms with van der Waals surface area (Å²) in [7, 11) is 0. The van der Waals surface area contributed by atoms with E-state index in [-0.39, 0.29) is 17.9 Å². The van der Waals surface area contributed by atoms with Gasteiger partial charge in [-0.05, 0) is 31.2 Å². The van der Waals surface area contributed by atoms with Crippen LogP contribution in [0.1, 0.15) is 24.1 Å². The van der Waals surface area contributed by atoms with Crippen molar-refractivity contribution in [3.63, 3.8) is 0 Å². The Balaban J connectivity index is 2.08. The van der Waals surface area contributed by atoms with E-state index in [1.165, 1.54) is 12.1 Å². The molecule has 0 bridgehead atoms. The molecule has 0 radical (unpaired) electrons. The molecule has 0 heterocycles. The molecule has 0 saturated heterocycles. The van der Waals surface area contributed by atoms with Gasteiger partial charge in [0.1, 0.15) is 23.2 Å². The molecule has 0 fully saturated rings. The second kappa shape index (κ2) is 5.96. The van der Waals surface area contributed by atoms with E-state index >= 15 is 0 Å². The molecule has 1 unspecified atom stereocenters. The predicted molar refractivity (Wildman–Crippen MR) is 69.7 cm³/mol. The van der Waals surface area contributed by atoms with Gasteiger partial charge < -0.3 is 10.4 Å². The number of hydrogen-bond donors (Lipinski definition) is 2. The van der Waals surface area contributed by atoms with Crippen LogP contribution in [0.3, 0.4) is 0 Å². The van der Waals surface area contributed by atoms with Gasteiger partial charge in [-0.2, -0.15) is 0 Å². The maximum absolute atomic E-state index is 13.6. The van der Waals surface area contributed by atoms with Gasteiger partial charge >= 0.3 is 0 Å². The van der Waals surface area contributed by atoms with E-state index in [0.717, 1.165) is 24.3 Å². The van der Waals surface area contributed by atoms with E-state index < -0.39 is 23.5 Å². The zero-order chi connectivity index (χ0) is 14.7. The van der Waals surface area contributed by atoms with Crippen LogP contribution in [0.5, 0.6) is 5.75 Å². The SMILES string of the molecule is CC(NCc1cc(F)ccc1F)c1ccc(O)cc1F. The minimum atomic E-state index is -0.551. The Hall–Kier alpha value is -2.01. The van der Waals surface area contributed by atoms with Crippen LogP contribution in [0.15, 0.2) is 36.4 Å². The molecule has 0 aliphatic heterocycles. The minimum Gasteiger partial charge on any atom is -0.508 e. The number of rotatable bonds is 4. The van der Waals surface area contributed by atoms with Gasteiger partial charge in [-0.3, -0.25) is 0 Å². The summed E-state index contributed by atoms with van der Waals surface area (Å²) in [4.78, 5) is 0. The first-order valence-electron chi connectivity index (χ1n) is 6.13. The highest BCUT2D eigenvalue weighted by molar-refractivity contribution is 5.29. The van der Waals surface area contributed by atoms with Crippen LogP contribution < -0.4 is 5.32 Å². The van der Waals surface area contributed by atoms with E-state index in [9.17, 15) is 13.2 Å². The fourth-order valence-electron chi connectivity index (χ4n) is 1.92. The van der Waals surface area contributed by atoms with Gasteiger partial charge in [-0.15, -0.1) is 0 Å². The third-order valence-electron chi connectivity index (χ3n) is 3.06. The molecule has 2 nitrogen and oxygen atoms in total. The maximum atomic E-state index is 13.6. The first-order chi connectivity index (χ1) is 9.47. The molecule has 0 spiro atoms. The molecule has 0 saturated carbocycles. The number of aromatic hydroxyl groups is 1. The van der Waals surface area contributed by atoms with Gasteiger partial charge in [0, 0.05) is 29.8 Å². The highest BCUT2D eigenvalue weighted by atomic mass is 19.1. The van der Waals surface area contributed by atoms with Crippen molar-refractivity contribution in [2.45, 2.75) is 19.5 Å². The van der Waals surface area contributed by atoms with Crippen molar-refractivity contribution in [3.05, 3.63) is 65.0 Å². The summed E-state index contributed by atoms with van der Waals surface area (Å²) in [5.41, 5.74) is 0.524. The summed E-state index contributed by atoms with van der Waals surface area (Å²) >= 11 is 0. The van der Waals surface area contributed by atoms with Crippen LogP contribution in [0.4, 0.5) is 13.2 Å². The number of phenolic OH excluding ortho intramolecular Hbond substituents is 1. The average molecular weight is 281 g/mol. The van der Waals surface area contributed by atoms with Gasteiger partial charge in [-0.25, -0.2) is 13.2 Å². The molecule has 2 N–H and O–H groups in total. The predicted octanol–water partition coefficient (Wildman–Crippen LogP) is 3.66. The van der Waals surface area contributed by atoms with Gasteiger partial charge in [0.2, 0.25) is 0 Å². The molecule has 5 heteroatoms. The molecule has 0 amide bonds. The minimum absolute atomic E-state index is 0.0745. The Kier molecular flexibility index (Phi) is 4.29. The summed E-state index contributed by atoms with van der Waals surface area (Å²) < 4.78 is 40.1. The molecule has 0 aliphatic carbocycles. The number of nitrogens with one attached hydrogen (secondary N) is 1. The molecule has 20 heavy (non-hydrogen) atoms. The quantitative estimate of drug-likeness (QED) is 0.896. The van der Waals surface area contributed by atoms with E-state index in [4.69, 9.17) is 5.11 Å². The van der Waals surface area contributed by atoms with Crippen LogP contribution >= 0.6 is 0 Å². The topological polar surface area (TPSA) is 32.3 Å². The molecular weight excluding hydrogens is 267 g/mol. The normalized spacial score (nSPS) is 12.4. The Morgan fingerprint density at radius 1 is 1.05 bits per heavy atom. The number of halogens is 3. The van der Waals surface area contributed by atoms with Crippen molar-refractivity contribution in [2.24, 2.45) is 0 Å². The average Bonchev–Trinajstić information content (AvgIpc) is 2.39. The van der Waals surface area contributed by atoms with Gasteiger partial charge in [0.05, 0.1) is 0 Å². The maximum Gasteiger partial charge on any atom is 0.131 e. The van der Waals surface area contributed by atoms with E-state index in [1.54, 1.807) is 6.92 Å². The van der Waals surface area contributed by atoms with Crippen molar-refractivity contribution in [3.8, 4) is 5.75 Å². The summed E-state index contributed by atoms with van der Waals surface area (Å²) in [5, 5.41) is 12.1. The first-order valence-corrected chi connectivity index (χ1v) is 6.13. The molecular formula is C15H14F3NO. The summed E-state index contributed by atoms with van der Waals surface area (Å²) in [5.74, 6) is -1.75. The summed E-state index contributed by atoms with van der Waals surface area (Å²) in [6.07, 6.45) is 0. The van der Waals surface area contributed by atoms with Crippen LogP contribution in [0.25, 0.3) is 0 Å². The van der Waals surface area contributed by atoms with Gasteiger partial charge in [-0.1, -0.05) is 6.07 Å². The molecule has 2 rings (SSSR count). The lowest BCUT2D eigenvalue weighted by Gasteiger charge is -2.15. The first kappa shape index (κ1) is 14.4. The standard InChI is InChI=1S/C15H14F3NO/c1-9(13-4-3-12(20)7-15(13)18)19-8-10-6-11(16)2-5-14(10)17/h2-7,9,19-20H,8H2,1H3. The van der Waals surface area contributed by atoms with E-state index in [2.05, 4.69) is 5.32 Å². The van der Waals surface area contributed by atoms with Crippen molar-refractivity contribution in [1.29, 1.82) is 0 Å². The third kappa shape index (κ3) is 3.30. The fourth-order valence-corrected chi connectivity index (χ4v) is 1.92. The lowest BCUT2D eigenvalue weighted by Crippen LogP contribution is -2.19. The largest absolute Gasteiger partial charge is 0.508 e. The highest BCUT2D eigenvalue weighted by Crippen LogP contribution is 2.21. The third-order valence-corrected chi connectivity index (χ3v) is 3.06. The van der Waals surface area contributed by atoms with Crippen LogP contribution in [-0.2, 0) is 6.54 Å². The number of benzene rings is 2. The molecule has 106 valence electrons. The van der Waals surface area contributed by atoms with Crippen LogP contribution in [0.2, 0.25) is 0 Å². The van der Waals surface area contributed by atoms with Crippen LogP contribution in [-0.4, -0.2) is 5.11 Å². The number of hydrogen-bond acceptors (Lipinski definition) is 2. The van der Waals surface area contributed by atoms with Crippen molar-refractivity contribution >= 4 is 0 Å². The van der Waals surface area contributed by atoms with Gasteiger partial charge in [0.15, 0.2) is 0 Å². The molecule has 0 aromatic heterocycles. The summed E-state index contributed by atoms with van der Waals surface area (Å²) in [6.45, 7) is 1.78. The van der Waals surface area contributed by atoms with Crippen molar-refractivity contribution in [1.82, 2.24) is 5.32 Å². The molecule has 2 aromatic rings. The Bertz CT molecular complexity index is 616. The smallest absolute Gasteiger partial charge is 0.131 e. The van der Waals surface area contributed by atoms with E-state index in [1.807, 2.05) is 0 Å². The molecule has 2 aromatic carbocycles. The van der Waals surface area contributed by atoms with Gasteiger partial charge in [0.25, 0.3) is 0 Å². The van der Waals surface area contributed by atoms with Crippen LogP contribution in [0, 0.1) is 17.5 Å². The Morgan fingerprint density at radius 3 is 2.50 bits per heavy atom. The van der Waals surface area contributed by atoms with Crippen molar-refractivity contribution < 1.29 is 18.3 Å². The lowest BCUT2D eigenvalue weighted by atomic mass is 10.1. The van der Waals surface area contributed by atoms with Crippen molar-refractivity contribution in [2.75, 3.05) is 0 Å². The second-order valence-electron chi connectivity index (χ2n) is 4.54. The number of phenols is 1.